The Morgan fingerprint density at radius 2 is 1.96 bits per heavy atom. The van der Waals surface area contributed by atoms with E-state index in [1.807, 2.05) is 18.2 Å². The number of rotatable bonds is 7. The summed E-state index contributed by atoms with van der Waals surface area (Å²) in [6.07, 6.45) is 6.20. The highest BCUT2D eigenvalue weighted by Crippen LogP contribution is 2.41. The summed E-state index contributed by atoms with van der Waals surface area (Å²) in [7, 11) is 0. The van der Waals surface area contributed by atoms with Crippen LogP contribution in [-0.2, 0) is 15.1 Å². The average molecular weight is 344 g/mol. The molecular weight excluding hydrogens is 316 g/mol. The largest absolute Gasteiger partial charge is 0.481 e. The third-order valence-corrected chi connectivity index (χ3v) is 5.65. The van der Waals surface area contributed by atoms with Crippen molar-refractivity contribution in [1.29, 1.82) is 0 Å². The van der Waals surface area contributed by atoms with Crippen LogP contribution in [0, 0.1) is 5.92 Å². The van der Waals surface area contributed by atoms with E-state index in [9.17, 15) is 9.59 Å². The number of benzene rings is 1. The average Bonchev–Trinajstić information content (AvgIpc) is 2.57. The van der Waals surface area contributed by atoms with Gasteiger partial charge in [0.2, 0.25) is 5.91 Å². The third kappa shape index (κ3) is 4.60. The number of likely N-dealkylation sites (tertiary alicyclic amines) is 1. The first-order chi connectivity index (χ1) is 12.1. The quantitative estimate of drug-likeness (QED) is 0.798. The van der Waals surface area contributed by atoms with Crippen LogP contribution in [-0.4, -0.2) is 41.5 Å². The second-order valence-corrected chi connectivity index (χ2v) is 7.53. The molecule has 2 fully saturated rings. The van der Waals surface area contributed by atoms with E-state index >= 15 is 0 Å². The van der Waals surface area contributed by atoms with Crippen LogP contribution < -0.4 is 5.32 Å². The fourth-order valence-corrected chi connectivity index (χ4v) is 4.14. The topological polar surface area (TPSA) is 69.6 Å². The Morgan fingerprint density at radius 1 is 1.20 bits per heavy atom. The number of carboxylic acid groups (broad SMARTS) is 1. The maximum Gasteiger partial charge on any atom is 0.303 e. The molecule has 1 amide bonds. The highest BCUT2D eigenvalue weighted by Gasteiger charge is 2.40. The van der Waals surface area contributed by atoms with Crippen molar-refractivity contribution in [2.75, 3.05) is 19.6 Å². The normalized spacial score (nSPS) is 22.8. The Kier molecular flexibility index (Phi) is 5.74. The van der Waals surface area contributed by atoms with E-state index < -0.39 is 5.97 Å². The van der Waals surface area contributed by atoms with Crippen LogP contribution in [0.25, 0.3) is 0 Å². The fraction of sp³-hybridized carbons (Fsp3) is 0.600. The number of hydrogen-bond acceptors (Lipinski definition) is 3. The van der Waals surface area contributed by atoms with Crippen molar-refractivity contribution in [3.63, 3.8) is 0 Å². The monoisotopic (exact) mass is 344 g/mol. The lowest BCUT2D eigenvalue weighted by molar-refractivity contribution is -0.137. The number of nitrogens with zero attached hydrogens (tertiary/aromatic N) is 1. The number of nitrogens with one attached hydrogen (secondary N) is 1. The zero-order valence-electron chi connectivity index (χ0n) is 14.7. The molecule has 0 radical (unpaired) electrons. The predicted molar refractivity (Wildman–Crippen MR) is 96.1 cm³/mol. The SMILES string of the molecule is O=C(O)CCC1CCCN(CC(=O)NC2(c3ccccc3)CCC2)C1. The Labute approximate surface area is 149 Å². The number of amides is 1. The van der Waals surface area contributed by atoms with Crippen LogP contribution in [0.5, 0.6) is 0 Å². The lowest BCUT2D eigenvalue weighted by atomic mass is 9.72. The minimum Gasteiger partial charge on any atom is -0.481 e. The van der Waals surface area contributed by atoms with Gasteiger partial charge in [0.15, 0.2) is 0 Å². The number of carbonyl (C=O) groups excluding carboxylic acids is 1. The van der Waals surface area contributed by atoms with E-state index in [0.717, 1.165) is 45.2 Å². The number of hydrogen-bond donors (Lipinski definition) is 2. The molecule has 1 unspecified atom stereocenters. The molecule has 2 N–H and O–H groups in total. The van der Waals surface area contributed by atoms with Gasteiger partial charge in [0.25, 0.3) is 0 Å². The standard InChI is InChI=1S/C20H28N2O3/c23-18(15-22-13-4-6-16(14-22)9-10-19(24)25)21-20(11-5-12-20)17-7-2-1-3-8-17/h1-3,7-8,16H,4-6,9-15H2,(H,21,23)(H,24,25). The number of piperidine rings is 1. The van der Waals surface area contributed by atoms with Gasteiger partial charge in [-0.3, -0.25) is 14.5 Å². The molecule has 136 valence electrons. The molecule has 25 heavy (non-hydrogen) atoms. The molecule has 1 heterocycles. The van der Waals surface area contributed by atoms with Crippen LogP contribution in [0.15, 0.2) is 30.3 Å². The van der Waals surface area contributed by atoms with Gasteiger partial charge in [-0.2, -0.15) is 0 Å². The maximum atomic E-state index is 12.6. The van der Waals surface area contributed by atoms with Gasteiger partial charge >= 0.3 is 5.97 Å². The number of aliphatic carboxylic acids is 1. The lowest BCUT2D eigenvalue weighted by Crippen LogP contribution is -2.54. The van der Waals surface area contributed by atoms with E-state index in [2.05, 4.69) is 22.3 Å². The minimum absolute atomic E-state index is 0.0856. The van der Waals surface area contributed by atoms with Gasteiger partial charge in [0, 0.05) is 13.0 Å². The second kappa shape index (κ2) is 8.00. The molecule has 1 aliphatic carbocycles. The van der Waals surface area contributed by atoms with Gasteiger partial charge in [0.05, 0.1) is 12.1 Å². The van der Waals surface area contributed by atoms with E-state index in [1.165, 1.54) is 5.56 Å². The van der Waals surface area contributed by atoms with Crippen molar-refractivity contribution in [3.8, 4) is 0 Å². The van der Waals surface area contributed by atoms with E-state index in [1.54, 1.807) is 0 Å². The van der Waals surface area contributed by atoms with Crippen molar-refractivity contribution in [2.45, 2.75) is 50.5 Å². The first-order valence-electron chi connectivity index (χ1n) is 9.38. The van der Waals surface area contributed by atoms with Crippen molar-refractivity contribution in [3.05, 3.63) is 35.9 Å². The van der Waals surface area contributed by atoms with E-state index in [4.69, 9.17) is 5.11 Å². The minimum atomic E-state index is -0.732. The molecule has 1 aromatic carbocycles. The zero-order chi connectivity index (χ0) is 17.7. The molecule has 1 atom stereocenters. The summed E-state index contributed by atoms with van der Waals surface area (Å²) in [6, 6.07) is 10.3. The summed E-state index contributed by atoms with van der Waals surface area (Å²) in [6.45, 7) is 2.17. The number of carboxylic acids is 1. The van der Waals surface area contributed by atoms with Gasteiger partial charge in [-0.1, -0.05) is 30.3 Å². The molecular formula is C20H28N2O3. The lowest BCUT2D eigenvalue weighted by Gasteiger charge is -2.43. The summed E-state index contributed by atoms with van der Waals surface area (Å²) in [4.78, 5) is 25.6. The van der Waals surface area contributed by atoms with E-state index in [-0.39, 0.29) is 17.9 Å². The van der Waals surface area contributed by atoms with E-state index in [0.29, 0.717) is 18.9 Å². The molecule has 1 saturated heterocycles. The molecule has 0 spiro atoms. The molecule has 1 aromatic rings. The zero-order valence-corrected chi connectivity index (χ0v) is 14.7. The van der Waals surface area contributed by atoms with Gasteiger partial charge < -0.3 is 10.4 Å². The van der Waals surface area contributed by atoms with Gasteiger partial charge in [0.1, 0.15) is 0 Å². The van der Waals surface area contributed by atoms with Crippen LogP contribution >= 0.6 is 0 Å². The highest BCUT2D eigenvalue weighted by atomic mass is 16.4. The van der Waals surface area contributed by atoms with Gasteiger partial charge in [-0.25, -0.2) is 0 Å². The first kappa shape index (κ1) is 17.9. The highest BCUT2D eigenvalue weighted by molar-refractivity contribution is 5.79. The number of carbonyl (C=O) groups is 2. The molecule has 2 aliphatic rings. The summed E-state index contributed by atoms with van der Waals surface area (Å²) in [5.41, 5.74) is 1.02. The molecule has 1 aliphatic heterocycles. The summed E-state index contributed by atoms with van der Waals surface area (Å²) >= 11 is 0. The molecule has 0 bridgehead atoms. The molecule has 1 saturated carbocycles. The molecule has 5 heteroatoms. The Hall–Kier alpha value is -1.88. The van der Waals surface area contributed by atoms with Crippen LogP contribution in [0.4, 0.5) is 0 Å². The smallest absolute Gasteiger partial charge is 0.303 e. The Balaban J connectivity index is 1.52. The van der Waals surface area contributed by atoms with Crippen LogP contribution in [0.2, 0.25) is 0 Å². The van der Waals surface area contributed by atoms with Crippen molar-refractivity contribution >= 4 is 11.9 Å². The predicted octanol–water partition coefficient (Wildman–Crippen LogP) is 2.76. The fourth-order valence-electron chi connectivity index (χ4n) is 4.14. The Bertz CT molecular complexity index is 598. The molecule has 5 nitrogen and oxygen atoms in total. The van der Waals surface area contributed by atoms with Gasteiger partial charge in [-0.15, -0.1) is 0 Å². The van der Waals surface area contributed by atoms with Crippen LogP contribution in [0.1, 0.15) is 50.5 Å². The molecule has 3 rings (SSSR count). The van der Waals surface area contributed by atoms with Crippen molar-refractivity contribution in [2.24, 2.45) is 5.92 Å². The summed E-state index contributed by atoms with van der Waals surface area (Å²) in [5, 5.41) is 12.1. The van der Waals surface area contributed by atoms with Gasteiger partial charge in [-0.05, 0) is 56.6 Å². The first-order valence-corrected chi connectivity index (χ1v) is 9.38. The van der Waals surface area contributed by atoms with Crippen molar-refractivity contribution < 1.29 is 14.7 Å². The summed E-state index contributed by atoms with van der Waals surface area (Å²) in [5.74, 6) is -0.253. The summed E-state index contributed by atoms with van der Waals surface area (Å²) < 4.78 is 0. The van der Waals surface area contributed by atoms with Crippen molar-refractivity contribution in [1.82, 2.24) is 10.2 Å². The second-order valence-electron chi connectivity index (χ2n) is 7.53. The Morgan fingerprint density at radius 3 is 2.60 bits per heavy atom. The maximum absolute atomic E-state index is 12.6. The molecule has 0 aromatic heterocycles. The third-order valence-electron chi connectivity index (χ3n) is 5.65. The van der Waals surface area contributed by atoms with Crippen LogP contribution in [0.3, 0.4) is 0 Å².